The molecule has 2 aliphatic rings. The lowest BCUT2D eigenvalue weighted by Gasteiger charge is -2.37. The Morgan fingerprint density at radius 3 is 2.27 bits per heavy atom. The molecule has 0 N–H and O–H groups in total. The smallest absolute Gasteiger partial charge is 0.135 e. The van der Waals surface area contributed by atoms with Gasteiger partial charge in [-0.3, -0.25) is 0 Å². The summed E-state index contributed by atoms with van der Waals surface area (Å²) in [7, 11) is 0. The Labute approximate surface area is 255 Å². The predicted molar refractivity (Wildman–Crippen MR) is 185 cm³/mol. The van der Waals surface area contributed by atoms with E-state index in [1.807, 2.05) is 6.07 Å². The van der Waals surface area contributed by atoms with Crippen molar-refractivity contribution in [1.29, 1.82) is 0 Å². The average Bonchev–Trinajstić information content (AvgIpc) is 3.44. The molecule has 0 saturated carbocycles. The molecule has 2 unspecified atom stereocenters. The van der Waals surface area contributed by atoms with Crippen LogP contribution >= 0.6 is 0 Å². The quantitative estimate of drug-likeness (QED) is 0.192. The maximum absolute atomic E-state index is 6.22. The van der Waals surface area contributed by atoms with Crippen molar-refractivity contribution < 1.29 is 4.42 Å². The Bertz CT molecular complexity index is 2550. The van der Waals surface area contributed by atoms with E-state index in [9.17, 15) is 0 Å². The Hall–Kier alpha value is -5.40. The van der Waals surface area contributed by atoms with Crippen molar-refractivity contribution in [3.63, 3.8) is 0 Å². The van der Waals surface area contributed by atoms with Gasteiger partial charge < -0.3 is 4.42 Å². The highest BCUT2D eigenvalue weighted by atomic mass is 16.3. The molecule has 0 saturated heterocycles. The van der Waals surface area contributed by atoms with Gasteiger partial charge in [0.25, 0.3) is 0 Å². The zero-order chi connectivity index (χ0) is 28.9. The van der Waals surface area contributed by atoms with Gasteiger partial charge in [0.15, 0.2) is 0 Å². The largest absolute Gasteiger partial charge is 0.456 e. The number of hydrogen-bond acceptors (Lipinski definition) is 1. The molecule has 0 amide bonds. The minimum Gasteiger partial charge on any atom is -0.456 e. The lowest BCUT2D eigenvalue weighted by molar-refractivity contribution is 0.647. The number of para-hydroxylation sites is 1. The van der Waals surface area contributed by atoms with Gasteiger partial charge in [0.05, 0.1) is 0 Å². The van der Waals surface area contributed by atoms with Gasteiger partial charge in [-0.05, 0) is 90.8 Å². The molecule has 1 heterocycles. The molecule has 0 radical (unpaired) electrons. The number of fused-ring (bicyclic) bond motifs is 5. The zero-order valence-corrected chi connectivity index (χ0v) is 24.3. The van der Waals surface area contributed by atoms with Crippen LogP contribution < -0.4 is 0 Å². The standard InChI is InChI=1S/C43H28O/c1-25-13-19-35-37(23-25)43(34-21-17-28-15-14-26-7-6-8-27-16-20-33(34)42(28)40(26)27)32-11-3-2-10-31(32)41(35)29-18-22-39-36(24-29)30-9-4-5-12-38(30)44-39/h2-24,31,41H,1H3. The summed E-state index contributed by atoms with van der Waals surface area (Å²) in [5.41, 5.74) is 11.3. The summed E-state index contributed by atoms with van der Waals surface area (Å²) < 4.78 is 6.22. The Balaban J connectivity index is 1.27. The lowest BCUT2D eigenvalue weighted by Crippen LogP contribution is -2.23. The topological polar surface area (TPSA) is 13.1 Å². The van der Waals surface area contributed by atoms with E-state index in [0.29, 0.717) is 0 Å². The molecule has 2 atom stereocenters. The molecule has 1 heteroatoms. The van der Waals surface area contributed by atoms with Crippen molar-refractivity contribution in [2.24, 2.45) is 5.92 Å². The maximum Gasteiger partial charge on any atom is 0.135 e. The van der Waals surface area contributed by atoms with Gasteiger partial charge in [-0.2, -0.15) is 0 Å². The minimum atomic E-state index is 0.198. The number of furan rings is 1. The first-order valence-corrected chi connectivity index (χ1v) is 15.5. The second-order valence-corrected chi connectivity index (χ2v) is 12.5. The molecule has 0 aliphatic heterocycles. The minimum absolute atomic E-state index is 0.198. The van der Waals surface area contributed by atoms with Crippen LogP contribution in [0.4, 0.5) is 0 Å². The van der Waals surface area contributed by atoms with Crippen molar-refractivity contribution in [1.82, 2.24) is 0 Å². The monoisotopic (exact) mass is 560 g/mol. The van der Waals surface area contributed by atoms with Crippen LogP contribution in [0.3, 0.4) is 0 Å². The normalized spacial score (nSPS) is 17.8. The highest BCUT2D eigenvalue weighted by Gasteiger charge is 2.36. The van der Waals surface area contributed by atoms with Gasteiger partial charge in [0, 0.05) is 22.6 Å². The summed E-state index contributed by atoms with van der Waals surface area (Å²) in [6, 6.07) is 42.8. The van der Waals surface area contributed by atoms with Crippen LogP contribution in [0.2, 0.25) is 0 Å². The molecule has 206 valence electrons. The fourth-order valence-electron chi connectivity index (χ4n) is 8.18. The molecule has 8 aromatic rings. The van der Waals surface area contributed by atoms with Gasteiger partial charge in [-0.1, -0.05) is 127 Å². The van der Waals surface area contributed by atoms with Gasteiger partial charge in [0.1, 0.15) is 11.2 Å². The second kappa shape index (κ2) is 8.81. The van der Waals surface area contributed by atoms with Gasteiger partial charge >= 0.3 is 0 Å². The summed E-state index contributed by atoms with van der Waals surface area (Å²) >= 11 is 0. The number of hydrogen-bond donors (Lipinski definition) is 0. The highest BCUT2D eigenvalue weighted by molar-refractivity contribution is 6.25. The van der Waals surface area contributed by atoms with E-state index in [-0.39, 0.29) is 11.8 Å². The fraction of sp³-hybridized carbons (Fsp3) is 0.0698. The van der Waals surface area contributed by atoms with Crippen molar-refractivity contribution in [2.45, 2.75) is 12.8 Å². The first kappa shape index (κ1) is 24.1. The molecule has 7 aromatic carbocycles. The van der Waals surface area contributed by atoms with E-state index in [2.05, 4.69) is 140 Å². The Kier molecular flexibility index (Phi) is 4.82. The predicted octanol–water partition coefficient (Wildman–Crippen LogP) is 11.5. The van der Waals surface area contributed by atoms with Gasteiger partial charge in [-0.25, -0.2) is 0 Å². The lowest BCUT2D eigenvalue weighted by atomic mass is 9.66. The summed E-state index contributed by atoms with van der Waals surface area (Å²) in [6.07, 6.45) is 9.22. The summed E-state index contributed by atoms with van der Waals surface area (Å²) in [5.74, 6) is 0.419. The van der Waals surface area contributed by atoms with Crippen LogP contribution in [0, 0.1) is 12.8 Å². The van der Waals surface area contributed by atoms with Crippen LogP contribution in [0.25, 0.3) is 59.8 Å². The highest BCUT2D eigenvalue weighted by Crippen LogP contribution is 2.52. The number of aryl methyl sites for hydroxylation is 1. The average molecular weight is 561 g/mol. The second-order valence-electron chi connectivity index (χ2n) is 12.5. The maximum atomic E-state index is 6.22. The third kappa shape index (κ3) is 3.24. The molecule has 0 fully saturated rings. The SMILES string of the molecule is Cc1ccc2c(c1)C(c1ccc3ccc4cccc5ccc1c3c45)=C1C=CC=CC1C2c1ccc2oc3ccccc3c2c1. The third-order valence-corrected chi connectivity index (χ3v) is 10.1. The molecule has 1 aromatic heterocycles. The van der Waals surface area contributed by atoms with Gasteiger partial charge in [-0.15, -0.1) is 0 Å². The Morgan fingerprint density at radius 1 is 0.568 bits per heavy atom. The van der Waals surface area contributed by atoms with Crippen LogP contribution in [0.5, 0.6) is 0 Å². The van der Waals surface area contributed by atoms with E-state index in [1.165, 1.54) is 82.1 Å². The molecule has 44 heavy (non-hydrogen) atoms. The van der Waals surface area contributed by atoms with E-state index >= 15 is 0 Å². The Morgan fingerprint density at radius 2 is 1.36 bits per heavy atom. The van der Waals surface area contributed by atoms with Crippen molar-refractivity contribution in [3.05, 3.63) is 173 Å². The van der Waals surface area contributed by atoms with E-state index in [0.717, 1.165) is 11.2 Å². The molecule has 10 rings (SSSR count). The van der Waals surface area contributed by atoms with Crippen LogP contribution in [-0.4, -0.2) is 0 Å². The van der Waals surface area contributed by atoms with Crippen molar-refractivity contribution in [3.8, 4) is 0 Å². The van der Waals surface area contributed by atoms with Crippen LogP contribution in [0.1, 0.15) is 33.7 Å². The van der Waals surface area contributed by atoms with Crippen molar-refractivity contribution in [2.75, 3.05) is 0 Å². The molecule has 0 bridgehead atoms. The molecular weight excluding hydrogens is 532 g/mol. The molecule has 0 spiro atoms. The third-order valence-electron chi connectivity index (χ3n) is 10.1. The van der Waals surface area contributed by atoms with E-state index < -0.39 is 0 Å². The first-order chi connectivity index (χ1) is 21.7. The number of benzene rings is 7. The van der Waals surface area contributed by atoms with Gasteiger partial charge in [0.2, 0.25) is 0 Å². The van der Waals surface area contributed by atoms with E-state index in [4.69, 9.17) is 4.42 Å². The molecular formula is C43H28O. The number of rotatable bonds is 2. The van der Waals surface area contributed by atoms with Crippen molar-refractivity contribution >= 4 is 59.8 Å². The summed E-state index contributed by atoms with van der Waals surface area (Å²) in [6.45, 7) is 2.22. The molecule has 1 nitrogen and oxygen atoms in total. The van der Waals surface area contributed by atoms with Crippen LogP contribution in [0.15, 0.2) is 150 Å². The fourth-order valence-corrected chi connectivity index (χ4v) is 8.18. The van der Waals surface area contributed by atoms with E-state index in [1.54, 1.807) is 0 Å². The first-order valence-electron chi connectivity index (χ1n) is 15.5. The van der Waals surface area contributed by atoms with Crippen LogP contribution in [-0.2, 0) is 0 Å². The molecule has 2 aliphatic carbocycles. The summed E-state index contributed by atoms with van der Waals surface area (Å²) in [5, 5.41) is 10.3. The summed E-state index contributed by atoms with van der Waals surface area (Å²) in [4.78, 5) is 0. The number of allylic oxidation sites excluding steroid dienone is 5. The zero-order valence-electron chi connectivity index (χ0n) is 24.3.